The van der Waals surface area contributed by atoms with E-state index >= 15 is 0 Å². The first-order valence-electron chi connectivity index (χ1n) is 6.97. The van der Waals surface area contributed by atoms with E-state index < -0.39 is 5.60 Å². The van der Waals surface area contributed by atoms with Crippen LogP contribution in [0.3, 0.4) is 0 Å². The smallest absolute Gasteiger partial charge is 0.130 e. The first kappa shape index (κ1) is 14.8. The molecule has 0 radical (unpaired) electrons. The molecule has 2 heterocycles. The molecule has 1 aliphatic rings. The maximum Gasteiger partial charge on any atom is 0.130 e. The largest absolute Gasteiger partial charge is 0.389 e. The third-order valence-corrected chi connectivity index (χ3v) is 4.39. The number of halogens is 1. The molecule has 19 heavy (non-hydrogen) atoms. The van der Waals surface area contributed by atoms with Crippen molar-refractivity contribution in [1.29, 1.82) is 0 Å². The fourth-order valence-corrected chi connectivity index (χ4v) is 3.11. The zero-order valence-corrected chi connectivity index (χ0v) is 12.7. The van der Waals surface area contributed by atoms with Crippen molar-refractivity contribution in [2.75, 3.05) is 6.61 Å². The van der Waals surface area contributed by atoms with Crippen LogP contribution in [-0.2, 0) is 18.2 Å². The summed E-state index contributed by atoms with van der Waals surface area (Å²) in [5.41, 5.74) is 1.15. The van der Waals surface area contributed by atoms with E-state index in [0.717, 1.165) is 24.1 Å². The summed E-state index contributed by atoms with van der Waals surface area (Å²) < 4.78 is 7.37. The van der Waals surface area contributed by atoms with E-state index in [1.807, 2.05) is 14.0 Å². The molecule has 0 saturated carbocycles. The molecular formula is C14H23ClN2O2. The van der Waals surface area contributed by atoms with Crippen LogP contribution in [0.4, 0.5) is 0 Å². The molecule has 2 unspecified atom stereocenters. The highest BCUT2D eigenvalue weighted by Crippen LogP contribution is 2.33. The van der Waals surface area contributed by atoms with Gasteiger partial charge in [-0.2, -0.15) is 5.10 Å². The van der Waals surface area contributed by atoms with Crippen molar-refractivity contribution in [3.63, 3.8) is 0 Å². The highest BCUT2D eigenvalue weighted by molar-refractivity contribution is 6.30. The summed E-state index contributed by atoms with van der Waals surface area (Å²) in [6.07, 6.45) is 4.16. The van der Waals surface area contributed by atoms with E-state index in [4.69, 9.17) is 16.3 Å². The van der Waals surface area contributed by atoms with Crippen molar-refractivity contribution in [3.8, 4) is 0 Å². The van der Waals surface area contributed by atoms with Crippen LogP contribution in [0.2, 0.25) is 5.15 Å². The third-order valence-electron chi connectivity index (χ3n) is 3.91. The molecule has 0 amide bonds. The van der Waals surface area contributed by atoms with Crippen LogP contribution < -0.4 is 0 Å². The van der Waals surface area contributed by atoms with Gasteiger partial charge in [0.05, 0.1) is 17.4 Å². The van der Waals surface area contributed by atoms with E-state index in [2.05, 4.69) is 12.0 Å². The summed E-state index contributed by atoms with van der Waals surface area (Å²) in [7, 11) is 1.83. The maximum atomic E-state index is 10.8. The van der Waals surface area contributed by atoms with Crippen molar-refractivity contribution in [1.82, 2.24) is 9.78 Å². The highest BCUT2D eigenvalue weighted by Gasteiger charge is 2.36. The van der Waals surface area contributed by atoms with Crippen LogP contribution >= 0.6 is 11.6 Å². The summed E-state index contributed by atoms with van der Waals surface area (Å²) in [4.78, 5) is 0. The molecule has 1 N–H and O–H groups in total. The summed E-state index contributed by atoms with van der Waals surface area (Å²) in [6, 6.07) is 0. The van der Waals surface area contributed by atoms with E-state index in [0.29, 0.717) is 31.0 Å². The Morgan fingerprint density at radius 2 is 2.32 bits per heavy atom. The summed E-state index contributed by atoms with van der Waals surface area (Å²) in [5, 5.41) is 15.7. The number of hydrogen-bond acceptors (Lipinski definition) is 3. The number of aryl methyl sites for hydroxylation is 2. The van der Waals surface area contributed by atoms with E-state index in [-0.39, 0.29) is 6.10 Å². The van der Waals surface area contributed by atoms with Gasteiger partial charge in [0.2, 0.25) is 0 Å². The molecule has 1 saturated heterocycles. The Balaban J connectivity index is 2.12. The minimum absolute atomic E-state index is 0.166. The Labute approximate surface area is 119 Å². The lowest BCUT2D eigenvalue weighted by Crippen LogP contribution is -2.42. The number of aromatic nitrogens is 2. The van der Waals surface area contributed by atoms with Gasteiger partial charge in [-0.05, 0) is 19.8 Å². The zero-order valence-electron chi connectivity index (χ0n) is 11.9. The third kappa shape index (κ3) is 3.30. The van der Waals surface area contributed by atoms with Gasteiger partial charge in [-0.25, -0.2) is 0 Å². The standard InChI is InChI=1S/C14H23ClN2O2/c1-4-5-11-8-14(18,6-7-19-11)9-12-10(2)16-17(3)13(12)15/h11,18H,4-9H2,1-3H3. The molecule has 1 aromatic rings. The van der Waals surface area contributed by atoms with Gasteiger partial charge < -0.3 is 9.84 Å². The lowest BCUT2D eigenvalue weighted by atomic mass is 9.84. The van der Waals surface area contributed by atoms with Crippen molar-refractivity contribution in [2.24, 2.45) is 7.05 Å². The van der Waals surface area contributed by atoms with Gasteiger partial charge >= 0.3 is 0 Å². The summed E-state index contributed by atoms with van der Waals surface area (Å²) >= 11 is 6.25. The SMILES string of the molecule is CCCC1CC(O)(Cc2c(C)nn(C)c2Cl)CCO1. The second-order valence-electron chi connectivity index (χ2n) is 5.62. The predicted octanol–water partition coefficient (Wildman–Crippen LogP) is 2.63. The van der Waals surface area contributed by atoms with Crippen molar-refractivity contribution < 1.29 is 9.84 Å². The average Bonchev–Trinajstić information content (AvgIpc) is 2.56. The van der Waals surface area contributed by atoms with Gasteiger partial charge in [0.1, 0.15) is 5.15 Å². The molecular weight excluding hydrogens is 264 g/mol. The second kappa shape index (κ2) is 5.81. The molecule has 5 heteroatoms. The van der Waals surface area contributed by atoms with Crippen molar-refractivity contribution in [3.05, 3.63) is 16.4 Å². The number of rotatable bonds is 4. The number of aliphatic hydroxyl groups is 1. The average molecular weight is 287 g/mol. The molecule has 0 bridgehead atoms. The second-order valence-corrected chi connectivity index (χ2v) is 5.97. The van der Waals surface area contributed by atoms with Crippen LogP contribution in [0.1, 0.15) is 43.9 Å². The Morgan fingerprint density at radius 3 is 2.89 bits per heavy atom. The summed E-state index contributed by atoms with van der Waals surface area (Å²) in [6.45, 7) is 4.70. The first-order chi connectivity index (χ1) is 8.95. The van der Waals surface area contributed by atoms with Gasteiger partial charge in [0, 0.05) is 32.1 Å². The first-order valence-corrected chi connectivity index (χ1v) is 7.35. The Bertz CT molecular complexity index is 445. The molecule has 0 aromatic carbocycles. The van der Waals surface area contributed by atoms with Gasteiger partial charge in [0.15, 0.2) is 0 Å². The Morgan fingerprint density at radius 1 is 1.58 bits per heavy atom. The minimum Gasteiger partial charge on any atom is -0.389 e. The van der Waals surface area contributed by atoms with Crippen LogP contribution in [0.15, 0.2) is 0 Å². The highest BCUT2D eigenvalue weighted by atomic mass is 35.5. The van der Waals surface area contributed by atoms with Gasteiger partial charge in [0.25, 0.3) is 0 Å². The number of hydrogen-bond donors (Lipinski definition) is 1. The van der Waals surface area contributed by atoms with E-state index in [1.54, 1.807) is 4.68 Å². The molecule has 1 aromatic heterocycles. The molecule has 1 aliphatic heterocycles. The van der Waals surface area contributed by atoms with Crippen LogP contribution in [0.5, 0.6) is 0 Å². The molecule has 1 fully saturated rings. The molecule has 108 valence electrons. The van der Waals surface area contributed by atoms with E-state index in [1.165, 1.54) is 0 Å². The summed E-state index contributed by atoms with van der Waals surface area (Å²) in [5.74, 6) is 0. The molecule has 0 aliphatic carbocycles. The van der Waals surface area contributed by atoms with Gasteiger partial charge in [-0.1, -0.05) is 24.9 Å². The van der Waals surface area contributed by atoms with E-state index in [9.17, 15) is 5.11 Å². The Hall–Kier alpha value is -0.580. The molecule has 2 rings (SSSR count). The number of nitrogens with zero attached hydrogens (tertiary/aromatic N) is 2. The normalized spacial score (nSPS) is 27.7. The fraction of sp³-hybridized carbons (Fsp3) is 0.786. The van der Waals surface area contributed by atoms with Gasteiger partial charge in [-0.15, -0.1) is 0 Å². The van der Waals surface area contributed by atoms with Crippen molar-refractivity contribution >= 4 is 11.6 Å². The van der Waals surface area contributed by atoms with Crippen LogP contribution in [-0.4, -0.2) is 33.2 Å². The predicted molar refractivity (Wildman–Crippen MR) is 75.5 cm³/mol. The van der Waals surface area contributed by atoms with Crippen molar-refractivity contribution in [2.45, 2.75) is 57.7 Å². The fourth-order valence-electron chi connectivity index (χ4n) is 2.87. The monoisotopic (exact) mass is 286 g/mol. The number of ether oxygens (including phenoxy) is 1. The maximum absolute atomic E-state index is 10.8. The lowest BCUT2D eigenvalue weighted by molar-refractivity contribution is -0.105. The minimum atomic E-state index is -0.713. The van der Waals surface area contributed by atoms with Crippen LogP contribution in [0, 0.1) is 6.92 Å². The zero-order chi connectivity index (χ0) is 14.0. The van der Waals surface area contributed by atoms with Gasteiger partial charge in [-0.3, -0.25) is 4.68 Å². The molecule has 4 nitrogen and oxygen atoms in total. The Kier molecular flexibility index (Phi) is 4.54. The topological polar surface area (TPSA) is 47.3 Å². The molecule has 0 spiro atoms. The van der Waals surface area contributed by atoms with Crippen LogP contribution in [0.25, 0.3) is 0 Å². The quantitative estimate of drug-likeness (QED) is 0.926. The molecule has 2 atom stereocenters. The lowest BCUT2D eigenvalue weighted by Gasteiger charge is -2.37.